The average Bonchev–Trinajstić information content (AvgIpc) is 3.11. The van der Waals surface area contributed by atoms with Gasteiger partial charge in [-0.25, -0.2) is 4.79 Å². The number of ether oxygens (including phenoxy) is 1. The van der Waals surface area contributed by atoms with Gasteiger partial charge in [-0.15, -0.1) is 0 Å². The molecule has 0 N–H and O–H groups in total. The highest BCUT2D eigenvalue weighted by Gasteiger charge is 2.55. The fraction of sp³-hybridized carbons (Fsp3) is 0.607. The SMILES string of the molecule is C/C=C1/CC[C@H]2[C@@H]3CC[C@@H]4C[C@H](OC(=O)c5ccccc5)CC[C@]4(C)C3=CC[C@]12C. The molecule has 0 spiro atoms. The maximum atomic E-state index is 12.6. The third-order valence-electron chi connectivity index (χ3n) is 9.46. The van der Waals surface area contributed by atoms with E-state index in [4.69, 9.17) is 4.74 Å². The molecule has 0 radical (unpaired) electrons. The summed E-state index contributed by atoms with van der Waals surface area (Å²) in [7, 11) is 0. The van der Waals surface area contributed by atoms with E-state index >= 15 is 0 Å². The molecule has 0 saturated heterocycles. The van der Waals surface area contributed by atoms with Crippen LogP contribution in [0, 0.1) is 28.6 Å². The van der Waals surface area contributed by atoms with Crippen LogP contribution >= 0.6 is 0 Å². The van der Waals surface area contributed by atoms with Crippen molar-refractivity contribution >= 4 is 5.97 Å². The van der Waals surface area contributed by atoms with Crippen molar-refractivity contribution in [3.8, 4) is 0 Å². The smallest absolute Gasteiger partial charge is 0.338 e. The molecule has 2 heteroatoms. The van der Waals surface area contributed by atoms with Crippen LogP contribution in [0.1, 0.15) is 82.5 Å². The molecule has 0 heterocycles. The van der Waals surface area contributed by atoms with Gasteiger partial charge in [-0.2, -0.15) is 0 Å². The second-order valence-electron chi connectivity index (χ2n) is 10.7. The molecule has 3 fully saturated rings. The molecule has 1 aromatic carbocycles. The predicted octanol–water partition coefficient (Wildman–Crippen LogP) is 7.12. The summed E-state index contributed by atoms with van der Waals surface area (Å²) >= 11 is 0. The van der Waals surface area contributed by atoms with Crippen LogP contribution in [-0.4, -0.2) is 12.1 Å². The number of carbonyl (C=O) groups excluding carboxylic acids is 1. The first-order valence-electron chi connectivity index (χ1n) is 12.1. The largest absolute Gasteiger partial charge is 0.459 e. The van der Waals surface area contributed by atoms with Crippen LogP contribution < -0.4 is 0 Å². The number of hydrogen-bond donors (Lipinski definition) is 0. The van der Waals surface area contributed by atoms with E-state index in [-0.39, 0.29) is 12.1 Å². The van der Waals surface area contributed by atoms with Crippen molar-refractivity contribution in [1.82, 2.24) is 0 Å². The lowest BCUT2D eigenvalue weighted by molar-refractivity contribution is -0.0259. The molecule has 0 aliphatic heterocycles. The monoisotopic (exact) mass is 404 g/mol. The Morgan fingerprint density at radius 3 is 2.63 bits per heavy atom. The minimum atomic E-state index is -0.157. The van der Waals surface area contributed by atoms with E-state index in [1.54, 1.807) is 11.1 Å². The Kier molecular flexibility index (Phi) is 4.95. The number of benzene rings is 1. The molecular weight excluding hydrogens is 368 g/mol. The van der Waals surface area contributed by atoms with Gasteiger partial charge in [0.2, 0.25) is 0 Å². The number of rotatable bonds is 2. The van der Waals surface area contributed by atoms with Crippen molar-refractivity contribution in [3.05, 3.63) is 59.2 Å². The second-order valence-corrected chi connectivity index (χ2v) is 10.7. The summed E-state index contributed by atoms with van der Waals surface area (Å²) in [4.78, 5) is 12.6. The number of hydrogen-bond acceptors (Lipinski definition) is 2. The van der Waals surface area contributed by atoms with Gasteiger partial charge in [0.05, 0.1) is 5.56 Å². The topological polar surface area (TPSA) is 26.3 Å². The Hall–Kier alpha value is -1.83. The van der Waals surface area contributed by atoms with E-state index in [9.17, 15) is 4.79 Å². The highest BCUT2D eigenvalue weighted by atomic mass is 16.5. The van der Waals surface area contributed by atoms with E-state index < -0.39 is 0 Å². The van der Waals surface area contributed by atoms with Crippen LogP contribution in [0.25, 0.3) is 0 Å². The zero-order valence-corrected chi connectivity index (χ0v) is 18.8. The number of carbonyl (C=O) groups is 1. The minimum Gasteiger partial charge on any atom is -0.459 e. The summed E-state index contributed by atoms with van der Waals surface area (Å²) in [5.74, 6) is 2.09. The molecule has 6 atom stereocenters. The lowest BCUT2D eigenvalue weighted by Gasteiger charge is -2.56. The first-order chi connectivity index (χ1) is 14.5. The molecule has 0 bridgehead atoms. The van der Waals surface area contributed by atoms with Crippen molar-refractivity contribution in [1.29, 1.82) is 0 Å². The van der Waals surface area contributed by atoms with Crippen molar-refractivity contribution in [2.45, 2.75) is 78.2 Å². The summed E-state index contributed by atoms with van der Waals surface area (Å²) in [5, 5.41) is 0. The lowest BCUT2D eigenvalue weighted by Crippen LogP contribution is -2.48. The third-order valence-corrected chi connectivity index (χ3v) is 9.46. The van der Waals surface area contributed by atoms with Gasteiger partial charge in [0.25, 0.3) is 0 Å². The molecule has 0 unspecified atom stereocenters. The number of fused-ring (bicyclic) bond motifs is 5. The molecule has 3 saturated carbocycles. The predicted molar refractivity (Wildman–Crippen MR) is 121 cm³/mol. The molecule has 0 amide bonds. The maximum absolute atomic E-state index is 12.6. The van der Waals surface area contributed by atoms with Gasteiger partial charge in [-0.05, 0) is 99.0 Å². The van der Waals surface area contributed by atoms with E-state index in [0.29, 0.717) is 22.3 Å². The van der Waals surface area contributed by atoms with Gasteiger partial charge in [0.1, 0.15) is 6.10 Å². The Balaban J connectivity index is 1.33. The van der Waals surface area contributed by atoms with Crippen molar-refractivity contribution in [2.75, 3.05) is 0 Å². The van der Waals surface area contributed by atoms with E-state index in [0.717, 1.165) is 31.1 Å². The number of esters is 1. The first-order valence-corrected chi connectivity index (χ1v) is 12.1. The average molecular weight is 405 g/mol. The van der Waals surface area contributed by atoms with Crippen LogP contribution in [0.5, 0.6) is 0 Å². The van der Waals surface area contributed by atoms with Crippen molar-refractivity contribution < 1.29 is 9.53 Å². The van der Waals surface area contributed by atoms with Crippen molar-refractivity contribution in [2.24, 2.45) is 28.6 Å². The summed E-state index contributed by atoms with van der Waals surface area (Å²) in [5.41, 5.74) is 4.84. The Labute approximate surface area is 181 Å². The fourth-order valence-electron chi connectivity index (χ4n) is 7.72. The molecule has 2 nitrogen and oxygen atoms in total. The van der Waals surface area contributed by atoms with Gasteiger partial charge >= 0.3 is 5.97 Å². The van der Waals surface area contributed by atoms with E-state index in [1.807, 2.05) is 30.3 Å². The fourth-order valence-corrected chi connectivity index (χ4v) is 7.72. The molecule has 4 aliphatic carbocycles. The minimum absolute atomic E-state index is 0.0721. The van der Waals surface area contributed by atoms with Gasteiger partial charge in [0.15, 0.2) is 0 Å². The summed E-state index contributed by atoms with van der Waals surface area (Å²) < 4.78 is 5.96. The Morgan fingerprint density at radius 2 is 1.87 bits per heavy atom. The van der Waals surface area contributed by atoms with Crippen molar-refractivity contribution in [3.63, 3.8) is 0 Å². The zero-order chi connectivity index (χ0) is 20.9. The highest BCUT2D eigenvalue weighted by Crippen LogP contribution is 2.65. The lowest BCUT2D eigenvalue weighted by atomic mass is 9.49. The molecule has 160 valence electrons. The van der Waals surface area contributed by atoms with E-state index in [1.165, 1.54) is 32.1 Å². The first kappa shape index (κ1) is 20.1. The molecule has 1 aromatic rings. The molecule has 0 aromatic heterocycles. The van der Waals surface area contributed by atoms with Crippen LogP contribution in [0.15, 0.2) is 53.6 Å². The second kappa shape index (κ2) is 7.39. The van der Waals surface area contributed by atoms with Crippen LogP contribution in [0.4, 0.5) is 0 Å². The normalized spacial score (nSPS) is 41.4. The van der Waals surface area contributed by atoms with Crippen LogP contribution in [-0.2, 0) is 4.74 Å². The number of allylic oxidation sites excluding steroid dienone is 4. The highest BCUT2D eigenvalue weighted by molar-refractivity contribution is 5.89. The Bertz CT molecular complexity index is 881. The summed E-state index contributed by atoms with van der Waals surface area (Å²) in [6, 6.07) is 9.45. The summed E-state index contributed by atoms with van der Waals surface area (Å²) in [6.45, 7) is 7.29. The Morgan fingerprint density at radius 1 is 1.07 bits per heavy atom. The molecule has 5 rings (SSSR count). The summed E-state index contributed by atoms with van der Waals surface area (Å²) in [6.07, 6.45) is 14.8. The van der Waals surface area contributed by atoms with Gasteiger partial charge in [-0.1, -0.05) is 55.3 Å². The molecule has 4 aliphatic rings. The van der Waals surface area contributed by atoms with E-state index in [2.05, 4.69) is 32.9 Å². The quantitative estimate of drug-likeness (QED) is 0.387. The molecular formula is C28H36O2. The van der Waals surface area contributed by atoms with Gasteiger partial charge in [0, 0.05) is 0 Å². The van der Waals surface area contributed by atoms with Gasteiger partial charge in [-0.3, -0.25) is 0 Å². The standard InChI is InChI=1S/C28H36O2/c1-4-20-11-13-24-23-12-10-21-18-22(30-26(29)19-8-6-5-7-9-19)14-16-28(21,3)25(23)15-17-27(20,24)2/h4-9,15,21-24H,10-14,16-18H2,1-3H3/b20-4-/t21-,22-,23+,24+,27-,28+/m1/s1. The molecule has 30 heavy (non-hydrogen) atoms. The van der Waals surface area contributed by atoms with Gasteiger partial charge < -0.3 is 4.74 Å². The third kappa shape index (κ3) is 3.01. The maximum Gasteiger partial charge on any atom is 0.338 e. The zero-order valence-electron chi connectivity index (χ0n) is 18.8. The van der Waals surface area contributed by atoms with Crippen LogP contribution in [0.2, 0.25) is 0 Å². The van der Waals surface area contributed by atoms with Crippen LogP contribution in [0.3, 0.4) is 0 Å².